The van der Waals surface area contributed by atoms with Gasteiger partial charge in [-0.1, -0.05) is 0 Å². The summed E-state index contributed by atoms with van der Waals surface area (Å²) >= 11 is 0. The average Bonchev–Trinajstić information content (AvgIpc) is 2.63. The van der Waals surface area contributed by atoms with Crippen LogP contribution in [-0.4, -0.2) is 29.9 Å². The van der Waals surface area contributed by atoms with Gasteiger partial charge in [-0.2, -0.15) is 5.10 Å². The molecule has 0 spiro atoms. The number of hydrogen-bond donors (Lipinski definition) is 1. The van der Waals surface area contributed by atoms with Gasteiger partial charge in [-0.25, -0.2) is 4.98 Å². The number of aromatic amines is 1. The van der Waals surface area contributed by atoms with Crippen LogP contribution in [0.3, 0.4) is 0 Å². The van der Waals surface area contributed by atoms with Gasteiger partial charge in [0.2, 0.25) is 0 Å². The number of nitrogens with zero attached hydrogens (tertiary/aromatic N) is 5. The van der Waals surface area contributed by atoms with Gasteiger partial charge < -0.3 is 4.57 Å². The fourth-order valence-corrected chi connectivity index (χ4v) is 0.519. The molecule has 0 aliphatic heterocycles. The molecule has 12 heavy (non-hydrogen) atoms. The number of aromatic nitrogens is 6. The summed E-state index contributed by atoms with van der Waals surface area (Å²) in [5.41, 5.74) is 0. The maximum absolute atomic E-state index is 3.75. The highest BCUT2D eigenvalue weighted by Gasteiger charge is 1.75. The van der Waals surface area contributed by atoms with Crippen molar-refractivity contribution in [2.24, 2.45) is 7.05 Å². The lowest BCUT2D eigenvalue weighted by Crippen LogP contribution is -1.76. The molecule has 0 saturated carbocycles. The quantitative estimate of drug-likeness (QED) is 0.594. The van der Waals surface area contributed by atoms with Gasteiger partial charge in [0.1, 0.15) is 24.8 Å². The maximum atomic E-state index is 3.75. The van der Waals surface area contributed by atoms with Crippen molar-refractivity contribution in [1.29, 1.82) is 0 Å². The Morgan fingerprint density at radius 2 is 2.00 bits per heavy atom. The lowest BCUT2D eigenvalue weighted by molar-refractivity contribution is 0.910. The predicted octanol–water partition coefficient (Wildman–Crippen LogP) is -0.0718. The fraction of sp³-hybridized carbons (Fsp3) is 0.333. The lowest BCUT2D eigenvalue weighted by Gasteiger charge is -1.74. The van der Waals surface area contributed by atoms with Crippen LogP contribution in [0.25, 0.3) is 0 Å². The van der Waals surface area contributed by atoms with Crippen molar-refractivity contribution in [2.45, 2.75) is 6.92 Å². The summed E-state index contributed by atoms with van der Waals surface area (Å²) in [6.07, 6.45) is 4.76. The first-order chi connectivity index (χ1) is 5.79. The van der Waals surface area contributed by atoms with Crippen LogP contribution >= 0.6 is 0 Å². The van der Waals surface area contributed by atoms with Crippen molar-refractivity contribution in [3.05, 3.63) is 24.8 Å². The highest BCUT2D eigenvalue weighted by Crippen LogP contribution is 1.73. The van der Waals surface area contributed by atoms with Crippen LogP contribution in [0.15, 0.2) is 19.0 Å². The summed E-state index contributed by atoms with van der Waals surface area (Å²) in [5.74, 6) is 0.856. The molecule has 0 unspecified atom stereocenters. The van der Waals surface area contributed by atoms with E-state index in [0.717, 1.165) is 5.82 Å². The van der Waals surface area contributed by atoms with E-state index in [0.29, 0.717) is 0 Å². The minimum absolute atomic E-state index is 0.856. The van der Waals surface area contributed by atoms with E-state index in [1.165, 1.54) is 6.33 Å². The Balaban J connectivity index is 0.000000120. The third kappa shape index (κ3) is 2.91. The number of hydrogen-bond acceptors (Lipinski definition) is 4. The summed E-state index contributed by atoms with van der Waals surface area (Å²) in [4.78, 5) is 3.75. The van der Waals surface area contributed by atoms with Crippen molar-refractivity contribution in [1.82, 2.24) is 29.9 Å². The van der Waals surface area contributed by atoms with Crippen molar-refractivity contribution in [3.8, 4) is 0 Å². The zero-order chi connectivity index (χ0) is 8.81. The van der Waals surface area contributed by atoms with Crippen molar-refractivity contribution < 1.29 is 0 Å². The average molecular weight is 166 g/mol. The summed E-state index contributed by atoms with van der Waals surface area (Å²) in [5, 5.41) is 13.3. The SMILES string of the molecule is Cc1ncn[nH]1.Cn1cnnc1. The van der Waals surface area contributed by atoms with Crippen LogP contribution in [0, 0.1) is 6.92 Å². The molecule has 0 radical (unpaired) electrons. The van der Waals surface area contributed by atoms with E-state index in [1.54, 1.807) is 17.2 Å². The van der Waals surface area contributed by atoms with E-state index in [-0.39, 0.29) is 0 Å². The van der Waals surface area contributed by atoms with E-state index in [4.69, 9.17) is 0 Å². The molecule has 0 aliphatic rings. The number of aryl methyl sites for hydroxylation is 2. The molecular weight excluding hydrogens is 156 g/mol. The first-order valence-electron chi connectivity index (χ1n) is 3.39. The minimum Gasteiger partial charge on any atom is -0.323 e. The van der Waals surface area contributed by atoms with Gasteiger partial charge in [-0.3, -0.25) is 5.10 Å². The fourth-order valence-electron chi connectivity index (χ4n) is 0.519. The van der Waals surface area contributed by atoms with Crippen molar-refractivity contribution >= 4 is 0 Å². The Bertz CT molecular complexity index is 251. The zero-order valence-electron chi connectivity index (χ0n) is 6.97. The molecule has 1 N–H and O–H groups in total. The first kappa shape index (κ1) is 8.38. The second-order valence-electron chi connectivity index (χ2n) is 2.20. The Kier molecular flexibility index (Phi) is 2.95. The molecule has 6 nitrogen and oxygen atoms in total. The summed E-state index contributed by atoms with van der Waals surface area (Å²) in [7, 11) is 1.88. The Morgan fingerprint density at radius 1 is 1.33 bits per heavy atom. The van der Waals surface area contributed by atoms with Gasteiger partial charge in [0.05, 0.1) is 0 Å². The predicted molar refractivity (Wildman–Crippen MR) is 42.1 cm³/mol. The highest BCUT2D eigenvalue weighted by atomic mass is 15.2. The molecule has 0 bridgehead atoms. The monoisotopic (exact) mass is 166 g/mol. The molecular formula is C6H10N6. The molecule has 0 aliphatic carbocycles. The van der Waals surface area contributed by atoms with E-state index in [1.807, 2.05) is 14.0 Å². The second-order valence-corrected chi connectivity index (χ2v) is 2.20. The summed E-state index contributed by atoms with van der Waals surface area (Å²) in [6.45, 7) is 1.85. The number of H-pyrrole nitrogens is 1. The third-order valence-corrected chi connectivity index (χ3v) is 1.07. The van der Waals surface area contributed by atoms with Crippen LogP contribution in [0.1, 0.15) is 5.82 Å². The second kappa shape index (κ2) is 4.22. The summed E-state index contributed by atoms with van der Waals surface area (Å²) in [6, 6.07) is 0. The van der Waals surface area contributed by atoms with Crippen molar-refractivity contribution in [3.63, 3.8) is 0 Å². The van der Waals surface area contributed by atoms with Crippen LogP contribution in [0.2, 0.25) is 0 Å². The van der Waals surface area contributed by atoms with Gasteiger partial charge in [0.25, 0.3) is 0 Å². The van der Waals surface area contributed by atoms with Gasteiger partial charge >= 0.3 is 0 Å². The molecule has 0 fully saturated rings. The zero-order valence-corrected chi connectivity index (χ0v) is 6.97. The molecule has 6 heteroatoms. The largest absolute Gasteiger partial charge is 0.323 e. The Morgan fingerprint density at radius 3 is 2.17 bits per heavy atom. The molecule has 64 valence electrons. The number of rotatable bonds is 0. The summed E-state index contributed by atoms with van der Waals surface area (Å²) < 4.78 is 1.78. The molecule has 2 heterocycles. The third-order valence-electron chi connectivity index (χ3n) is 1.07. The van der Waals surface area contributed by atoms with Gasteiger partial charge in [0, 0.05) is 7.05 Å². The first-order valence-corrected chi connectivity index (χ1v) is 3.39. The highest BCUT2D eigenvalue weighted by molar-refractivity contribution is 4.70. The molecule has 2 aromatic rings. The normalized spacial score (nSPS) is 8.83. The lowest BCUT2D eigenvalue weighted by atomic mass is 10.8. The molecule has 0 saturated heterocycles. The maximum Gasteiger partial charge on any atom is 0.137 e. The van der Waals surface area contributed by atoms with Gasteiger partial charge in [-0.05, 0) is 6.92 Å². The van der Waals surface area contributed by atoms with E-state index >= 15 is 0 Å². The number of nitrogens with one attached hydrogen (secondary N) is 1. The van der Waals surface area contributed by atoms with Crippen LogP contribution in [0.5, 0.6) is 0 Å². The van der Waals surface area contributed by atoms with Crippen molar-refractivity contribution in [2.75, 3.05) is 0 Å². The molecule has 2 rings (SSSR count). The standard InChI is InChI=1S/2C3H5N3/c1-6-2-4-5-3-6;1-3-4-2-5-6-3/h2-3H,1H3;2H,1H3,(H,4,5,6). The van der Waals surface area contributed by atoms with Crippen LogP contribution in [0.4, 0.5) is 0 Å². The van der Waals surface area contributed by atoms with Crippen LogP contribution < -0.4 is 0 Å². The molecule has 0 amide bonds. The Labute approximate surface area is 69.7 Å². The topological polar surface area (TPSA) is 72.3 Å². The smallest absolute Gasteiger partial charge is 0.137 e. The minimum atomic E-state index is 0.856. The molecule has 2 aromatic heterocycles. The van der Waals surface area contributed by atoms with Crippen LogP contribution in [-0.2, 0) is 7.05 Å². The van der Waals surface area contributed by atoms with Gasteiger partial charge in [0.15, 0.2) is 0 Å². The van der Waals surface area contributed by atoms with E-state index in [2.05, 4.69) is 25.4 Å². The Hall–Kier alpha value is -1.72. The molecule has 0 atom stereocenters. The molecule has 0 aromatic carbocycles. The van der Waals surface area contributed by atoms with E-state index < -0.39 is 0 Å². The van der Waals surface area contributed by atoms with Gasteiger partial charge in [-0.15, -0.1) is 10.2 Å². The van der Waals surface area contributed by atoms with E-state index in [9.17, 15) is 0 Å².